The van der Waals surface area contributed by atoms with Crippen LogP contribution < -0.4 is 5.32 Å². The third-order valence-corrected chi connectivity index (χ3v) is 2.41. The molecule has 0 aliphatic carbocycles. The van der Waals surface area contributed by atoms with Gasteiger partial charge in [0, 0.05) is 12.4 Å². The summed E-state index contributed by atoms with van der Waals surface area (Å²) < 4.78 is 7.14. The zero-order valence-electron chi connectivity index (χ0n) is 9.78. The molecule has 3 aromatic rings. The molecule has 0 spiro atoms. The van der Waals surface area contributed by atoms with Crippen molar-refractivity contribution < 1.29 is 9.21 Å². The summed E-state index contributed by atoms with van der Waals surface area (Å²) in [4.78, 5) is 15.6. The van der Waals surface area contributed by atoms with E-state index in [9.17, 15) is 4.79 Å². The molecule has 0 atom stereocenters. The summed E-state index contributed by atoms with van der Waals surface area (Å²) in [7, 11) is 0. The lowest BCUT2D eigenvalue weighted by atomic mass is 10.4. The molecule has 3 heterocycles. The number of H-pyrrole nitrogens is 1. The molecule has 0 aromatic carbocycles. The first-order chi connectivity index (χ1) is 9.31. The van der Waals surface area contributed by atoms with Crippen LogP contribution in [0.1, 0.15) is 16.3 Å². The average Bonchev–Trinajstić information content (AvgIpc) is 3.10. The SMILES string of the molecule is O=C(Nc1ncn[nH]1)c1ccc(Cn2cccn2)o1. The van der Waals surface area contributed by atoms with Crippen LogP contribution in [0.4, 0.5) is 5.95 Å². The molecule has 0 aliphatic rings. The predicted molar refractivity (Wildman–Crippen MR) is 64.4 cm³/mol. The molecule has 8 nitrogen and oxygen atoms in total. The fourth-order valence-corrected chi connectivity index (χ4v) is 1.57. The maximum atomic E-state index is 11.8. The first-order valence-corrected chi connectivity index (χ1v) is 5.54. The van der Waals surface area contributed by atoms with Gasteiger partial charge < -0.3 is 4.42 Å². The molecular weight excluding hydrogens is 248 g/mol. The number of furan rings is 1. The smallest absolute Gasteiger partial charge is 0.293 e. The number of nitrogens with zero attached hydrogens (tertiary/aromatic N) is 4. The van der Waals surface area contributed by atoms with E-state index in [1.807, 2.05) is 12.3 Å². The second kappa shape index (κ2) is 4.77. The van der Waals surface area contributed by atoms with Crippen LogP contribution in [0.25, 0.3) is 0 Å². The van der Waals surface area contributed by atoms with Crippen LogP contribution in [0.5, 0.6) is 0 Å². The van der Waals surface area contributed by atoms with Crippen molar-refractivity contribution in [2.24, 2.45) is 0 Å². The molecule has 0 saturated carbocycles. The molecule has 3 rings (SSSR count). The summed E-state index contributed by atoms with van der Waals surface area (Å²) in [5, 5.41) is 12.7. The number of carbonyl (C=O) groups is 1. The Bertz CT molecular complexity index is 655. The third kappa shape index (κ3) is 2.51. The molecule has 3 aromatic heterocycles. The van der Waals surface area contributed by atoms with E-state index in [-0.39, 0.29) is 17.6 Å². The molecule has 0 bridgehead atoms. The first-order valence-electron chi connectivity index (χ1n) is 5.54. The minimum Gasteiger partial charge on any atom is -0.454 e. The van der Waals surface area contributed by atoms with Crippen molar-refractivity contribution in [1.29, 1.82) is 0 Å². The second-order valence-electron chi connectivity index (χ2n) is 3.76. The number of carbonyl (C=O) groups excluding carboxylic acids is 1. The lowest BCUT2D eigenvalue weighted by molar-refractivity contribution is 0.0994. The summed E-state index contributed by atoms with van der Waals surface area (Å²) >= 11 is 0. The molecule has 0 radical (unpaired) electrons. The Morgan fingerprint density at radius 3 is 3.16 bits per heavy atom. The minimum atomic E-state index is -0.386. The highest BCUT2D eigenvalue weighted by Crippen LogP contribution is 2.10. The van der Waals surface area contributed by atoms with E-state index in [4.69, 9.17) is 4.42 Å². The Kier molecular flexibility index (Phi) is 2.81. The predicted octanol–water partition coefficient (Wildman–Crippen LogP) is 0.895. The average molecular weight is 258 g/mol. The topological polar surface area (TPSA) is 102 Å². The fraction of sp³-hybridized carbons (Fsp3) is 0.0909. The molecule has 0 aliphatic heterocycles. The van der Waals surface area contributed by atoms with Crippen molar-refractivity contribution in [2.75, 3.05) is 5.32 Å². The van der Waals surface area contributed by atoms with Gasteiger partial charge >= 0.3 is 0 Å². The van der Waals surface area contributed by atoms with Gasteiger partial charge in [-0.25, -0.2) is 5.10 Å². The van der Waals surface area contributed by atoms with E-state index in [1.165, 1.54) is 6.33 Å². The van der Waals surface area contributed by atoms with Crippen LogP contribution in [0.15, 0.2) is 41.3 Å². The maximum absolute atomic E-state index is 11.8. The van der Waals surface area contributed by atoms with Gasteiger partial charge in [0.25, 0.3) is 5.91 Å². The van der Waals surface area contributed by atoms with Gasteiger partial charge in [-0.2, -0.15) is 15.2 Å². The van der Waals surface area contributed by atoms with Crippen molar-refractivity contribution >= 4 is 11.9 Å². The fourth-order valence-electron chi connectivity index (χ4n) is 1.57. The Morgan fingerprint density at radius 2 is 2.42 bits per heavy atom. The number of rotatable bonds is 4. The van der Waals surface area contributed by atoms with Crippen LogP contribution in [0, 0.1) is 0 Å². The Hall–Kier alpha value is -2.90. The van der Waals surface area contributed by atoms with E-state index >= 15 is 0 Å². The van der Waals surface area contributed by atoms with Crippen LogP contribution in [0.2, 0.25) is 0 Å². The summed E-state index contributed by atoms with van der Waals surface area (Å²) in [6.07, 6.45) is 4.80. The molecule has 0 fully saturated rings. The van der Waals surface area contributed by atoms with E-state index in [1.54, 1.807) is 23.0 Å². The number of hydrogen-bond donors (Lipinski definition) is 2. The Morgan fingerprint density at radius 1 is 1.47 bits per heavy atom. The minimum absolute atomic E-state index is 0.207. The molecular formula is C11H10N6O2. The van der Waals surface area contributed by atoms with Crippen molar-refractivity contribution in [3.05, 3.63) is 48.4 Å². The van der Waals surface area contributed by atoms with Gasteiger partial charge in [-0.3, -0.25) is 14.8 Å². The van der Waals surface area contributed by atoms with Gasteiger partial charge in [0.05, 0.1) is 6.54 Å². The van der Waals surface area contributed by atoms with E-state index < -0.39 is 0 Å². The quantitative estimate of drug-likeness (QED) is 0.723. The molecule has 96 valence electrons. The number of nitrogens with one attached hydrogen (secondary N) is 2. The third-order valence-electron chi connectivity index (χ3n) is 2.41. The van der Waals surface area contributed by atoms with Gasteiger partial charge in [0.1, 0.15) is 12.1 Å². The number of hydrogen-bond acceptors (Lipinski definition) is 5. The summed E-state index contributed by atoms with van der Waals surface area (Å²) in [6, 6.07) is 5.15. The first kappa shape index (κ1) is 11.2. The largest absolute Gasteiger partial charge is 0.454 e. The maximum Gasteiger partial charge on any atom is 0.293 e. The Labute approximate surface area is 107 Å². The van der Waals surface area contributed by atoms with Gasteiger partial charge in [0.15, 0.2) is 5.76 Å². The monoisotopic (exact) mass is 258 g/mol. The highest BCUT2D eigenvalue weighted by Gasteiger charge is 2.12. The zero-order valence-corrected chi connectivity index (χ0v) is 9.78. The lowest BCUT2D eigenvalue weighted by Crippen LogP contribution is -2.12. The lowest BCUT2D eigenvalue weighted by Gasteiger charge is -1.99. The second-order valence-corrected chi connectivity index (χ2v) is 3.76. The standard InChI is InChI=1S/C11H10N6O2/c18-10(15-11-12-7-13-16-11)9-3-2-8(19-9)6-17-5-1-4-14-17/h1-5,7H,6H2,(H2,12,13,15,16,18). The van der Waals surface area contributed by atoms with E-state index in [2.05, 4.69) is 25.6 Å². The highest BCUT2D eigenvalue weighted by atomic mass is 16.4. The van der Waals surface area contributed by atoms with Gasteiger partial charge in [-0.05, 0) is 18.2 Å². The molecule has 2 N–H and O–H groups in total. The van der Waals surface area contributed by atoms with Gasteiger partial charge in [0.2, 0.25) is 5.95 Å². The van der Waals surface area contributed by atoms with Crippen molar-refractivity contribution in [1.82, 2.24) is 25.0 Å². The Balaban J connectivity index is 1.69. The normalized spacial score (nSPS) is 10.5. The summed E-state index contributed by atoms with van der Waals surface area (Å²) in [5.41, 5.74) is 0. The summed E-state index contributed by atoms with van der Waals surface area (Å²) in [6.45, 7) is 0.475. The van der Waals surface area contributed by atoms with Gasteiger partial charge in [-0.1, -0.05) is 0 Å². The van der Waals surface area contributed by atoms with Crippen LogP contribution in [-0.2, 0) is 6.54 Å². The molecule has 0 saturated heterocycles. The van der Waals surface area contributed by atoms with Crippen molar-refractivity contribution in [3.8, 4) is 0 Å². The van der Waals surface area contributed by atoms with Crippen LogP contribution in [-0.4, -0.2) is 30.9 Å². The van der Waals surface area contributed by atoms with Crippen LogP contribution in [0.3, 0.4) is 0 Å². The molecule has 19 heavy (non-hydrogen) atoms. The highest BCUT2D eigenvalue weighted by molar-refractivity contribution is 6.01. The number of anilines is 1. The molecule has 0 unspecified atom stereocenters. The summed E-state index contributed by atoms with van der Waals surface area (Å²) in [5.74, 6) is 0.739. The number of aromatic amines is 1. The number of aromatic nitrogens is 5. The number of amides is 1. The van der Waals surface area contributed by atoms with Crippen molar-refractivity contribution in [2.45, 2.75) is 6.54 Å². The van der Waals surface area contributed by atoms with Gasteiger partial charge in [-0.15, -0.1) is 0 Å². The van der Waals surface area contributed by atoms with E-state index in [0.717, 1.165) is 0 Å². The zero-order chi connectivity index (χ0) is 13.1. The van der Waals surface area contributed by atoms with E-state index in [0.29, 0.717) is 12.3 Å². The molecule has 8 heteroatoms. The molecule has 1 amide bonds. The van der Waals surface area contributed by atoms with Crippen molar-refractivity contribution in [3.63, 3.8) is 0 Å². The van der Waals surface area contributed by atoms with Crippen LogP contribution >= 0.6 is 0 Å².